The van der Waals surface area contributed by atoms with E-state index >= 15 is 0 Å². The van der Waals surface area contributed by atoms with Crippen LogP contribution in [-0.2, 0) is 10.3 Å². The zero-order valence-electron chi connectivity index (χ0n) is 12.5. The predicted molar refractivity (Wildman–Crippen MR) is 81.7 cm³/mol. The molecule has 3 nitrogen and oxygen atoms in total. The van der Waals surface area contributed by atoms with Gasteiger partial charge in [0.2, 0.25) is 0 Å². The lowest BCUT2D eigenvalue weighted by atomic mass is 9.88. The van der Waals surface area contributed by atoms with Gasteiger partial charge in [-0.2, -0.15) is 0 Å². The summed E-state index contributed by atoms with van der Waals surface area (Å²) in [6.45, 7) is 1.65. The minimum atomic E-state index is -0.392. The predicted octanol–water partition coefficient (Wildman–Crippen LogP) is 2.69. The van der Waals surface area contributed by atoms with Crippen LogP contribution in [0, 0.1) is 5.92 Å². The molecule has 1 atom stereocenters. The Bertz CT molecular complexity index is 370. The van der Waals surface area contributed by atoms with Crippen LogP contribution in [0.4, 0.5) is 0 Å². The lowest BCUT2D eigenvalue weighted by Gasteiger charge is -2.32. The van der Waals surface area contributed by atoms with Crippen LogP contribution in [0.25, 0.3) is 0 Å². The first kappa shape index (κ1) is 15.5. The summed E-state index contributed by atoms with van der Waals surface area (Å²) >= 11 is 0. The van der Waals surface area contributed by atoms with Gasteiger partial charge in [-0.25, -0.2) is 0 Å². The van der Waals surface area contributed by atoms with Crippen LogP contribution >= 0.6 is 0 Å². The molecule has 1 aliphatic carbocycles. The molecule has 1 unspecified atom stereocenters. The van der Waals surface area contributed by atoms with Gasteiger partial charge in [0.05, 0.1) is 12.1 Å². The lowest BCUT2D eigenvalue weighted by molar-refractivity contribution is 0.0640. The summed E-state index contributed by atoms with van der Waals surface area (Å²) in [6, 6.07) is 10.1. The van der Waals surface area contributed by atoms with Crippen LogP contribution in [-0.4, -0.2) is 32.0 Å². The van der Waals surface area contributed by atoms with Gasteiger partial charge in [-0.15, -0.1) is 0 Å². The van der Waals surface area contributed by atoms with Crippen LogP contribution in [0.15, 0.2) is 30.3 Å². The molecule has 20 heavy (non-hydrogen) atoms. The summed E-state index contributed by atoms with van der Waals surface area (Å²) in [5, 5.41) is 13.1. The Morgan fingerprint density at radius 2 is 1.95 bits per heavy atom. The van der Waals surface area contributed by atoms with Gasteiger partial charge >= 0.3 is 0 Å². The molecule has 1 saturated carbocycles. The number of aliphatic hydroxyl groups excluding tert-OH is 1. The van der Waals surface area contributed by atoms with E-state index in [9.17, 15) is 5.11 Å². The third kappa shape index (κ3) is 3.81. The van der Waals surface area contributed by atoms with Crippen LogP contribution in [0.5, 0.6) is 0 Å². The molecule has 1 aromatic rings. The topological polar surface area (TPSA) is 41.5 Å². The largest absolute Gasteiger partial charge is 0.394 e. The fraction of sp³-hybridized carbons (Fsp3) is 0.647. The summed E-state index contributed by atoms with van der Waals surface area (Å²) in [4.78, 5) is 0. The quantitative estimate of drug-likeness (QED) is 0.718. The maximum absolute atomic E-state index is 9.82. The highest BCUT2D eigenvalue weighted by molar-refractivity contribution is 5.24. The third-order valence-electron chi connectivity index (χ3n) is 4.58. The van der Waals surface area contributed by atoms with Gasteiger partial charge in [0, 0.05) is 13.2 Å². The van der Waals surface area contributed by atoms with Crippen molar-refractivity contribution < 1.29 is 9.84 Å². The standard InChI is InChI=1S/C17H27NO2/c1-18-17(14-19,16-9-3-2-4-10-16)11-12-20-13-15-7-5-6-8-15/h2-4,9-10,15,18-19H,5-8,11-14H2,1H3. The molecule has 2 rings (SSSR count). The van der Waals surface area contributed by atoms with Crippen molar-refractivity contribution in [2.24, 2.45) is 5.92 Å². The molecule has 0 radical (unpaired) electrons. The van der Waals surface area contributed by atoms with Gasteiger partial charge in [0.1, 0.15) is 0 Å². The van der Waals surface area contributed by atoms with Gasteiger partial charge < -0.3 is 15.2 Å². The Morgan fingerprint density at radius 1 is 1.25 bits per heavy atom. The molecule has 0 bridgehead atoms. The normalized spacial score (nSPS) is 19.1. The Kier molecular flexibility index (Phi) is 6.02. The lowest BCUT2D eigenvalue weighted by Crippen LogP contribution is -2.44. The van der Waals surface area contributed by atoms with Crippen LogP contribution in [0.3, 0.4) is 0 Å². The van der Waals surface area contributed by atoms with Crippen LogP contribution in [0.1, 0.15) is 37.7 Å². The molecule has 112 valence electrons. The number of likely N-dealkylation sites (N-methyl/N-ethyl adjacent to an activating group) is 1. The van der Waals surface area contributed by atoms with Crippen molar-refractivity contribution in [3.8, 4) is 0 Å². The zero-order chi connectivity index (χ0) is 14.3. The van der Waals surface area contributed by atoms with E-state index in [1.54, 1.807) is 0 Å². The first-order chi connectivity index (χ1) is 9.80. The van der Waals surface area contributed by atoms with Gasteiger partial charge in [-0.05, 0) is 37.8 Å². The summed E-state index contributed by atoms with van der Waals surface area (Å²) in [7, 11) is 1.90. The number of rotatable bonds is 8. The van der Waals surface area contributed by atoms with E-state index in [-0.39, 0.29) is 6.61 Å². The molecule has 1 aliphatic rings. The number of hydrogen-bond acceptors (Lipinski definition) is 3. The van der Waals surface area contributed by atoms with Crippen molar-refractivity contribution >= 4 is 0 Å². The SMILES string of the molecule is CNC(CO)(CCOCC1CCCC1)c1ccccc1. The summed E-state index contributed by atoms with van der Waals surface area (Å²) < 4.78 is 5.85. The van der Waals surface area contributed by atoms with E-state index in [4.69, 9.17) is 4.74 Å². The molecule has 0 aromatic heterocycles. The Balaban J connectivity index is 1.85. The Labute approximate surface area is 122 Å². The second-order valence-electron chi connectivity index (χ2n) is 5.83. The van der Waals surface area contributed by atoms with Crippen LogP contribution < -0.4 is 5.32 Å². The summed E-state index contributed by atoms with van der Waals surface area (Å²) in [5.74, 6) is 0.754. The average Bonchev–Trinajstić information content (AvgIpc) is 3.02. The van der Waals surface area contributed by atoms with Gasteiger partial charge in [-0.1, -0.05) is 43.2 Å². The van der Waals surface area contributed by atoms with Crippen molar-refractivity contribution in [3.05, 3.63) is 35.9 Å². The Morgan fingerprint density at radius 3 is 2.55 bits per heavy atom. The zero-order valence-corrected chi connectivity index (χ0v) is 12.5. The van der Waals surface area contributed by atoms with Crippen molar-refractivity contribution in [1.29, 1.82) is 0 Å². The van der Waals surface area contributed by atoms with Gasteiger partial charge in [0.15, 0.2) is 0 Å². The van der Waals surface area contributed by atoms with Gasteiger partial charge in [0.25, 0.3) is 0 Å². The van der Waals surface area contributed by atoms with Gasteiger partial charge in [-0.3, -0.25) is 0 Å². The summed E-state index contributed by atoms with van der Waals surface area (Å²) in [5.41, 5.74) is 0.728. The van der Waals surface area contributed by atoms with Crippen LogP contribution in [0.2, 0.25) is 0 Å². The smallest absolute Gasteiger partial charge is 0.0688 e. The molecule has 0 spiro atoms. The maximum atomic E-state index is 9.82. The molecular weight excluding hydrogens is 250 g/mol. The number of hydrogen-bond donors (Lipinski definition) is 2. The van der Waals surface area contributed by atoms with E-state index < -0.39 is 5.54 Å². The number of aliphatic hydroxyl groups is 1. The second-order valence-corrected chi connectivity index (χ2v) is 5.83. The Hall–Kier alpha value is -0.900. The molecule has 1 aromatic carbocycles. The highest BCUT2D eigenvalue weighted by Crippen LogP contribution is 2.26. The van der Waals surface area contributed by atoms with E-state index in [0.29, 0.717) is 6.61 Å². The second kappa shape index (κ2) is 7.77. The fourth-order valence-corrected chi connectivity index (χ4v) is 3.09. The fourth-order valence-electron chi connectivity index (χ4n) is 3.09. The van der Waals surface area contributed by atoms with E-state index in [1.807, 2.05) is 25.2 Å². The van der Waals surface area contributed by atoms with Crippen molar-refractivity contribution in [1.82, 2.24) is 5.32 Å². The minimum absolute atomic E-state index is 0.0836. The number of nitrogens with one attached hydrogen (secondary N) is 1. The molecule has 0 aliphatic heterocycles. The van der Waals surface area contributed by atoms with E-state index in [0.717, 1.165) is 24.5 Å². The first-order valence-electron chi connectivity index (χ1n) is 7.74. The van der Waals surface area contributed by atoms with Crippen molar-refractivity contribution in [2.45, 2.75) is 37.6 Å². The maximum Gasteiger partial charge on any atom is 0.0688 e. The highest BCUT2D eigenvalue weighted by Gasteiger charge is 2.29. The summed E-state index contributed by atoms with van der Waals surface area (Å²) in [6.07, 6.45) is 6.13. The number of benzene rings is 1. The average molecular weight is 277 g/mol. The molecule has 0 saturated heterocycles. The molecule has 0 heterocycles. The van der Waals surface area contributed by atoms with Crippen molar-refractivity contribution in [3.63, 3.8) is 0 Å². The monoisotopic (exact) mass is 277 g/mol. The molecule has 0 amide bonds. The number of ether oxygens (including phenoxy) is 1. The van der Waals surface area contributed by atoms with E-state index in [1.165, 1.54) is 25.7 Å². The third-order valence-corrected chi connectivity index (χ3v) is 4.58. The minimum Gasteiger partial charge on any atom is -0.394 e. The highest BCUT2D eigenvalue weighted by atomic mass is 16.5. The molecule has 3 heteroatoms. The molecular formula is C17H27NO2. The van der Waals surface area contributed by atoms with E-state index in [2.05, 4.69) is 17.4 Å². The molecule has 1 fully saturated rings. The first-order valence-corrected chi connectivity index (χ1v) is 7.74. The van der Waals surface area contributed by atoms with Crippen molar-refractivity contribution in [2.75, 3.05) is 26.9 Å². The molecule has 2 N–H and O–H groups in total.